The molecular formula is C14H14N2O4. The number of nitrogens with zero attached hydrogens (tertiary/aromatic N) is 1. The van der Waals surface area contributed by atoms with Gasteiger partial charge in [0.25, 0.3) is 5.91 Å². The lowest BCUT2D eigenvalue weighted by Crippen LogP contribution is -2.12. The summed E-state index contributed by atoms with van der Waals surface area (Å²) in [6.07, 6.45) is 0. The topological polar surface area (TPSA) is 94.7 Å². The number of aliphatic hydroxyl groups excluding tert-OH is 1. The summed E-state index contributed by atoms with van der Waals surface area (Å²) in [7, 11) is 1.50. The van der Waals surface area contributed by atoms with E-state index >= 15 is 0 Å². The average molecular weight is 274 g/mol. The molecule has 0 spiro atoms. The van der Waals surface area contributed by atoms with Crippen LogP contribution < -0.4 is 15.2 Å². The van der Waals surface area contributed by atoms with Gasteiger partial charge in [-0.2, -0.15) is 0 Å². The van der Waals surface area contributed by atoms with Crippen molar-refractivity contribution in [2.24, 2.45) is 5.73 Å². The molecule has 0 bridgehead atoms. The molecule has 104 valence electrons. The Bertz CT molecular complexity index is 628. The number of ether oxygens (including phenoxy) is 2. The molecule has 1 heterocycles. The van der Waals surface area contributed by atoms with E-state index in [-0.39, 0.29) is 18.2 Å². The lowest BCUT2D eigenvalue weighted by atomic mass is 10.2. The molecule has 0 aliphatic carbocycles. The Kier molecular flexibility index (Phi) is 4.17. The SMILES string of the molecule is COc1cc(CO)ccc1Oc1cccc(C(N)=O)n1. The van der Waals surface area contributed by atoms with Crippen molar-refractivity contribution < 1.29 is 19.4 Å². The molecule has 20 heavy (non-hydrogen) atoms. The Morgan fingerprint density at radius 3 is 2.75 bits per heavy atom. The number of hydrogen-bond donors (Lipinski definition) is 2. The first kappa shape index (κ1) is 13.8. The number of nitrogens with two attached hydrogens (primary N) is 1. The maximum atomic E-state index is 11.1. The second-order valence-electron chi connectivity index (χ2n) is 3.97. The Labute approximate surface area is 115 Å². The molecule has 0 unspecified atom stereocenters. The number of methoxy groups -OCH3 is 1. The molecule has 0 atom stereocenters. The van der Waals surface area contributed by atoms with Crippen LogP contribution >= 0.6 is 0 Å². The highest BCUT2D eigenvalue weighted by molar-refractivity contribution is 5.90. The molecule has 1 amide bonds. The summed E-state index contributed by atoms with van der Waals surface area (Å²) < 4.78 is 10.7. The maximum Gasteiger partial charge on any atom is 0.267 e. The fourth-order valence-electron chi connectivity index (χ4n) is 1.62. The molecule has 6 heteroatoms. The molecule has 6 nitrogen and oxygen atoms in total. The molecule has 0 saturated carbocycles. The van der Waals surface area contributed by atoms with Gasteiger partial charge in [-0.3, -0.25) is 4.79 Å². The van der Waals surface area contributed by atoms with Gasteiger partial charge in [-0.15, -0.1) is 0 Å². The van der Waals surface area contributed by atoms with Crippen molar-refractivity contribution in [3.05, 3.63) is 47.7 Å². The third kappa shape index (κ3) is 3.04. The van der Waals surface area contributed by atoms with Crippen LogP contribution in [0, 0.1) is 0 Å². The number of aromatic nitrogens is 1. The second-order valence-corrected chi connectivity index (χ2v) is 3.97. The normalized spacial score (nSPS) is 10.1. The van der Waals surface area contributed by atoms with Gasteiger partial charge in [0.2, 0.25) is 5.88 Å². The Hall–Kier alpha value is -2.60. The predicted molar refractivity (Wildman–Crippen MR) is 71.7 cm³/mol. The lowest BCUT2D eigenvalue weighted by Gasteiger charge is -2.11. The van der Waals surface area contributed by atoms with Crippen LogP contribution in [0.2, 0.25) is 0 Å². The number of hydrogen-bond acceptors (Lipinski definition) is 5. The summed E-state index contributed by atoms with van der Waals surface area (Å²) in [5.74, 6) is 0.496. The van der Waals surface area contributed by atoms with E-state index in [4.69, 9.17) is 20.3 Å². The van der Waals surface area contributed by atoms with Crippen molar-refractivity contribution in [2.45, 2.75) is 6.61 Å². The van der Waals surface area contributed by atoms with Crippen LogP contribution in [0.25, 0.3) is 0 Å². The van der Waals surface area contributed by atoms with Gasteiger partial charge in [0, 0.05) is 6.07 Å². The Balaban J connectivity index is 2.29. The smallest absolute Gasteiger partial charge is 0.267 e. The summed E-state index contributed by atoms with van der Waals surface area (Å²) in [4.78, 5) is 15.0. The summed E-state index contributed by atoms with van der Waals surface area (Å²) in [6, 6.07) is 9.75. The zero-order valence-electron chi connectivity index (χ0n) is 10.9. The Morgan fingerprint density at radius 1 is 1.30 bits per heavy atom. The van der Waals surface area contributed by atoms with Crippen LogP contribution in [0.4, 0.5) is 0 Å². The minimum absolute atomic E-state index is 0.0912. The van der Waals surface area contributed by atoms with Gasteiger partial charge >= 0.3 is 0 Å². The number of carbonyl (C=O) groups excluding carboxylic acids is 1. The van der Waals surface area contributed by atoms with Crippen LogP contribution in [0.3, 0.4) is 0 Å². The van der Waals surface area contributed by atoms with Gasteiger partial charge in [-0.05, 0) is 23.8 Å². The minimum Gasteiger partial charge on any atom is -0.493 e. The zero-order valence-corrected chi connectivity index (χ0v) is 10.9. The van der Waals surface area contributed by atoms with Crippen molar-refractivity contribution in [3.8, 4) is 17.4 Å². The first-order valence-electron chi connectivity index (χ1n) is 5.86. The van der Waals surface area contributed by atoms with E-state index in [9.17, 15) is 4.79 Å². The number of primary amides is 1. The van der Waals surface area contributed by atoms with Crippen LogP contribution in [0.1, 0.15) is 16.1 Å². The van der Waals surface area contributed by atoms with Crippen molar-refractivity contribution in [1.82, 2.24) is 4.98 Å². The summed E-state index contributed by atoms with van der Waals surface area (Å²) in [5.41, 5.74) is 5.98. The van der Waals surface area contributed by atoms with Crippen molar-refractivity contribution >= 4 is 5.91 Å². The van der Waals surface area contributed by atoms with Gasteiger partial charge in [-0.25, -0.2) is 4.98 Å². The molecule has 0 aliphatic rings. The second kappa shape index (κ2) is 6.03. The standard InChI is InChI=1S/C14H14N2O4/c1-19-12-7-9(8-17)5-6-11(12)20-13-4-2-3-10(16-13)14(15)18/h2-7,17H,8H2,1H3,(H2,15,18). The van der Waals surface area contributed by atoms with Gasteiger partial charge < -0.3 is 20.3 Å². The lowest BCUT2D eigenvalue weighted by molar-refractivity contribution is 0.0995. The van der Waals surface area contributed by atoms with Gasteiger partial charge in [0.05, 0.1) is 13.7 Å². The average Bonchev–Trinajstić information content (AvgIpc) is 2.48. The molecule has 2 aromatic rings. The minimum atomic E-state index is -0.627. The number of aliphatic hydroxyl groups is 1. The third-order valence-corrected chi connectivity index (χ3v) is 2.60. The highest BCUT2D eigenvalue weighted by Crippen LogP contribution is 2.31. The fourth-order valence-corrected chi connectivity index (χ4v) is 1.62. The van der Waals surface area contributed by atoms with E-state index < -0.39 is 5.91 Å². The number of amides is 1. The summed E-state index contributed by atoms with van der Waals surface area (Å²) >= 11 is 0. The highest BCUT2D eigenvalue weighted by atomic mass is 16.5. The fraction of sp³-hybridized carbons (Fsp3) is 0.143. The van der Waals surface area contributed by atoms with E-state index in [1.807, 2.05) is 0 Å². The predicted octanol–water partition coefficient (Wildman–Crippen LogP) is 1.47. The third-order valence-electron chi connectivity index (χ3n) is 2.60. The summed E-state index contributed by atoms with van der Waals surface area (Å²) in [6.45, 7) is -0.0912. The van der Waals surface area contributed by atoms with E-state index in [1.54, 1.807) is 30.3 Å². The quantitative estimate of drug-likeness (QED) is 0.861. The molecule has 0 saturated heterocycles. The van der Waals surface area contributed by atoms with Crippen molar-refractivity contribution in [3.63, 3.8) is 0 Å². The van der Waals surface area contributed by atoms with E-state index in [2.05, 4.69) is 4.98 Å². The monoisotopic (exact) mass is 274 g/mol. The maximum absolute atomic E-state index is 11.1. The largest absolute Gasteiger partial charge is 0.493 e. The molecule has 2 rings (SSSR count). The van der Waals surface area contributed by atoms with Gasteiger partial charge in [0.1, 0.15) is 5.69 Å². The molecule has 1 aromatic carbocycles. The molecule has 0 radical (unpaired) electrons. The van der Waals surface area contributed by atoms with E-state index in [0.29, 0.717) is 17.1 Å². The number of pyridine rings is 1. The molecule has 0 aliphatic heterocycles. The summed E-state index contributed by atoms with van der Waals surface area (Å²) in [5, 5.41) is 9.08. The van der Waals surface area contributed by atoms with E-state index in [0.717, 1.165) is 0 Å². The molecule has 0 fully saturated rings. The molecule has 1 aromatic heterocycles. The number of carbonyl (C=O) groups is 1. The zero-order chi connectivity index (χ0) is 14.5. The van der Waals surface area contributed by atoms with Gasteiger partial charge in [0.15, 0.2) is 11.5 Å². The molecule has 3 N–H and O–H groups in total. The first-order chi connectivity index (χ1) is 9.63. The van der Waals surface area contributed by atoms with Gasteiger partial charge in [-0.1, -0.05) is 12.1 Å². The first-order valence-corrected chi connectivity index (χ1v) is 5.86. The van der Waals surface area contributed by atoms with Crippen molar-refractivity contribution in [2.75, 3.05) is 7.11 Å². The van der Waals surface area contributed by atoms with Crippen LogP contribution in [-0.2, 0) is 6.61 Å². The molecular weight excluding hydrogens is 260 g/mol. The number of rotatable bonds is 5. The van der Waals surface area contributed by atoms with Crippen molar-refractivity contribution in [1.29, 1.82) is 0 Å². The number of benzene rings is 1. The van der Waals surface area contributed by atoms with Crippen LogP contribution in [0.5, 0.6) is 17.4 Å². The van der Waals surface area contributed by atoms with Crippen LogP contribution in [-0.4, -0.2) is 23.1 Å². The van der Waals surface area contributed by atoms with E-state index in [1.165, 1.54) is 13.2 Å². The van der Waals surface area contributed by atoms with Crippen LogP contribution in [0.15, 0.2) is 36.4 Å². The Morgan fingerprint density at radius 2 is 2.10 bits per heavy atom. The highest BCUT2D eigenvalue weighted by Gasteiger charge is 2.09.